The van der Waals surface area contributed by atoms with E-state index in [2.05, 4.69) is 19.6 Å². The molecule has 36 valence electrons. The van der Waals surface area contributed by atoms with Crippen molar-refractivity contribution in [3.05, 3.63) is 0 Å². The van der Waals surface area contributed by atoms with Gasteiger partial charge in [0.25, 0.3) is 0 Å². The summed E-state index contributed by atoms with van der Waals surface area (Å²) in [5, 5.41) is 0. The summed E-state index contributed by atoms with van der Waals surface area (Å²) >= 11 is 4.00. The molecule has 0 atom stereocenters. The second kappa shape index (κ2) is 15.6. The fourth-order valence-electron chi connectivity index (χ4n) is 0.158. The molecule has 0 unspecified atom stereocenters. The summed E-state index contributed by atoms with van der Waals surface area (Å²) < 4.78 is 0. The van der Waals surface area contributed by atoms with Crippen molar-refractivity contribution in [1.82, 2.24) is 0 Å². The van der Waals surface area contributed by atoms with Gasteiger partial charge in [0.2, 0.25) is 0 Å². The Morgan fingerprint density at radius 2 is 1.71 bits per heavy atom. The second-order valence-electron chi connectivity index (χ2n) is 1.08. The molecule has 0 bridgehead atoms. The summed E-state index contributed by atoms with van der Waals surface area (Å²) in [5.74, 6) is 1.04. The van der Waals surface area contributed by atoms with Crippen LogP contribution in [0.4, 0.5) is 0 Å². The zero-order chi connectivity index (χ0) is 4.12. The van der Waals surface area contributed by atoms with Crippen molar-refractivity contribution in [2.75, 3.05) is 5.75 Å². The van der Waals surface area contributed by atoms with Crippen molar-refractivity contribution in [3.63, 3.8) is 0 Å². The maximum atomic E-state index is 4.00. The predicted octanol–water partition coefficient (Wildman–Crippen LogP) is 1.71. The van der Waals surface area contributed by atoms with E-state index in [1.54, 1.807) is 0 Å². The van der Waals surface area contributed by atoms with E-state index in [4.69, 9.17) is 0 Å². The Labute approximate surface area is 76.8 Å². The molecule has 3 heteroatoms. The van der Waals surface area contributed by atoms with Gasteiger partial charge in [-0.2, -0.15) is 12.6 Å². The van der Waals surface area contributed by atoms with Crippen molar-refractivity contribution in [2.24, 2.45) is 0 Å². The predicted molar refractivity (Wildman–Crippen MR) is 28.8 cm³/mol. The summed E-state index contributed by atoms with van der Waals surface area (Å²) in [6, 6.07) is 0. The molecule has 0 heterocycles. The third-order valence-electron chi connectivity index (χ3n) is 0.512. The summed E-state index contributed by atoms with van der Waals surface area (Å²) in [5.41, 5.74) is 0. The van der Waals surface area contributed by atoms with Gasteiger partial charge in [0.05, 0.1) is 0 Å². The second-order valence-corrected chi connectivity index (χ2v) is 1.52. The van der Waals surface area contributed by atoms with Gasteiger partial charge in [-0.15, -0.1) is 0 Å². The Balaban J connectivity index is -0.0000000800. The van der Waals surface area contributed by atoms with Gasteiger partial charge in [0.1, 0.15) is 0 Å². The first kappa shape index (κ1) is 15.8. The van der Waals surface area contributed by atoms with Crippen LogP contribution >= 0.6 is 12.6 Å². The molecule has 0 spiro atoms. The van der Waals surface area contributed by atoms with E-state index >= 15 is 0 Å². The van der Waals surface area contributed by atoms with Crippen LogP contribution in [0.3, 0.4) is 0 Å². The monoisotopic (exact) mass is 218 g/mol. The standard InChI is InChI=1S/C4H10S.2Zn/c1-2-3-4-5;;/h5H,2-4H2,1H3;;. The minimum atomic E-state index is 0. The van der Waals surface area contributed by atoms with Crippen LogP contribution in [0.25, 0.3) is 0 Å². The molecule has 0 aliphatic carbocycles. The first-order valence-electron chi connectivity index (χ1n) is 2.02. The summed E-state index contributed by atoms with van der Waals surface area (Å²) in [6.07, 6.45) is 2.52. The molecule has 0 radical (unpaired) electrons. The van der Waals surface area contributed by atoms with Crippen molar-refractivity contribution in [1.29, 1.82) is 0 Å². The molecule has 0 N–H and O–H groups in total. The number of thiol groups is 1. The SMILES string of the molecule is CCCCS.[Zn].[Zn]. The number of hydrogen-bond donors (Lipinski definition) is 1. The van der Waals surface area contributed by atoms with Gasteiger partial charge in [-0.05, 0) is 12.2 Å². The van der Waals surface area contributed by atoms with Crippen LogP contribution in [0.1, 0.15) is 19.8 Å². The fourth-order valence-corrected chi connectivity index (χ4v) is 0.474. The van der Waals surface area contributed by atoms with E-state index in [0.29, 0.717) is 0 Å². The number of rotatable bonds is 2. The molecule has 0 aromatic heterocycles. The van der Waals surface area contributed by atoms with E-state index in [0.717, 1.165) is 5.75 Å². The molecule has 0 aliphatic rings. The molecule has 0 amide bonds. The van der Waals surface area contributed by atoms with E-state index in [1.165, 1.54) is 12.8 Å². The quantitative estimate of drug-likeness (QED) is 0.532. The van der Waals surface area contributed by atoms with Gasteiger partial charge in [-0.3, -0.25) is 0 Å². The van der Waals surface area contributed by atoms with Crippen LogP contribution in [-0.2, 0) is 39.0 Å². The molecule has 0 saturated carbocycles. The Morgan fingerprint density at radius 1 is 1.29 bits per heavy atom. The molecule has 7 heavy (non-hydrogen) atoms. The van der Waals surface area contributed by atoms with Gasteiger partial charge in [-0.1, -0.05) is 13.3 Å². The van der Waals surface area contributed by atoms with E-state index in [1.807, 2.05) is 0 Å². The largest absolute Gasteiger partial charge is 0.179 e. The number of unbranched alkanes of at least 4 members (excludes halogenated alkanes) is 1. The molecule has 0 rings (SSSR count). The normalized spacial score (nSPS) is 6.00. The maximum Gasteiger partial charge on any atom is 0 e. The minimum Gasteiger partial charge on any atom is -0.179 e. The van der Waals surface area contributed by atoms with Gasteiger partial charge < -0.3 is 0 Å². The van der Waals surface area contributed by atoms with Crippen LogP contribution in [0.15, 0.2) is 0 Å². The molecule has 0 nitrogen and oxygen atoms in total. The minimum absolute atomic E-state index is 0. The molecule has 0 aromatic rings. The molecular formula is C4H10SZn2. The number of hydrogen-bond acceptors (Lipinski definition) is 1. The average molecular weight is 221 g/mol. The van der Waals surface area contributed by atoms with Crippen LogP contribution in [-0.4, -0.2) is 5.75 Å². The van der Waals surface area contributed by atoms with Crippen molar-refractivity contribution < 1.29 is 39.0 Å². The first-order chi connectivity index (χ1) is 2.41. The topological polar surface area (TPSA) is 0 Å². The van der Waals surface area contributed by atoms with Crippen LogP contribution in [0.2, 0.25) is 0 Å². The zero-order valence-electron chi connectivity index (χ0n) is 4.98. The third kappa shape index (κ3) is 18.4. The van der Waals surface area contributed by atoms with Crippen LogP contribution in [0.5, 0.6) is 0 Å². The molecule has 0 aromatic carbocycles. The first-order valence-corrected chi connectivity index (χ1v) is 2.66. The van der Waals surface area contributed by atoms with Crippen molar-refractivity contribution in [2.45, 2.75) is 19.8 Å². The summed E-state index contributed by atoms with van der Waals surface area (Å²) in [4.78, 5) is 0. The Hall–Kier alpha value is 1.60. The Kier molecular flexibility index (Phi) is 35.4. The van der Waals surface area contributed by atoms with Crippen LogP contribution in [0, 0.1) is 0 Å². The van der Waals surface area contributed by atoms with E-state index in [9.17, 15) is 0 Å². The summed E-state index contributed by atoms with van der Waals surface area (Å²) in [7, 11) is 0. The summed E-state index contributed by atoms with van der Waals surface area (Å²) in [6.45, 7) is 2.16. The van der Waals surface area contributed by atoms with E-state index in [-0.39, 0.29) is 39.0 Å². The van der Waals surface area contributed by atoms with Gasteiger partial charge in [0, 0.05) is 39.0 Å². The molecule has 0 saturated heterocycles. The van der Waals surface area contributed by atoms with Crippen molar-refractivity contribution in [3.8, 4) is 0 Å². The van der Waals surface area contributed by atoms with Crippen LogP contribution < -0.4 is 0 Å². The molecule has 0 aliphatic heterocycles. The maximum absolute atomic E-state index is 4.00. The molecule has 0 fully saturated rings. The molecular weight excluding hydrogens is 211 g/mol. The smallest absolute Gasteiger partial charge is 0 e. The third-order valence-corrected chi connectivity index (χ3v) is 0.828. The van der Waals surface area contributed by atoms with Gasteiger partial charge >= 0.3 is 0 Å². The average Bonchev–Trinajstić information content (AvgIpc) is 1.41. The van der Waals surface area contributed by atoms with Gasteiger partial charge in [0.15, 0.2) is 0 Å². The Bertz CT molecular complexity index is 17.2. The van der Waals surface area contributed by atoms with Crippen molar-refractivity contribution >= 4 is 12.6 Å². The zero-order valence-corrected chi connectivity index (χ0v) is 11.8. The fraction of sp³-hybridized carbons (Fsp3) is 1.00. The Morgan fingerprint density at radius 3 is 1.71 bits per heavy atom. The van der Waals surface area contributed by atoms with E-state index < -0.39 is 0 Å². The van der Waals surface area contributed by atoms with Gasteiger partial charge in [-0.25, -0.2) is 0 Å².